The van der Waals surface area contributed by atoms with Crippen molar-refractivity contribution in [2.75, 3.05) is 25.1 Å². The molecule has 11 nitrogen and oxygen atoms in total. The van der Waals surface area contributed by atoms with Gasteiger partial charge in [-0.2, -0.15) is 5.10 Å². The number of fused-ring (bicyclic) bond motifs is 1. The number of aromatic nitrogens is 5. The van der Waals surface area contributed by atoms with E-state index in [4.69, 9.17) is 16.3 Å². The second-order valence-corrected chi connectivity index (χ2v) is 10.6. The Kier molecular flexibility index (Phi) is 7.62. The van der Waals surface area contributed by atoms with Crippen LogP contribution in [0.15, 0.2) is 61.3 Å². The van der Waals surface area contributed by atoms with E-state index in [9.17, 15) is 9.59 Å². The van der Waals surface area contributed by atoms with Crippen molar-refractivity contribution < 1.29 is 14.3 Å². The first-order valence-electron chi connectivity index (χ1n) is 13.5. The molecule has 0 radical (unpaired) electrons. The largest absolute Gasteiger partial charge is 0.381 e. The quantitative estimate of drug-likeness (QED) is 0.326. The molecular formula is C29H29ClN8O3. The highest BCUT2D eigenvalue weighted by Gasteiger charge is 2.30. The van der Waals surface area contributed by atoms with Crippen LogP contribution in [-0.2, 0) is 16.1 Å². The number of carbonyl (C=O) groups excluding carboxylic acids is 2. The van der Waals surface area contributed by atoms with Gasteiger partial charge in [-0.15, -0.1) is 0 Å². The van der Waals surface area contributed by atoms with E-state index in [1.165, 1.54) is 6.33 Å². The number of ether oxygens (including phenoxy) is 1. The van der Waals surface area contributed by atoms with Crippen LogP contribution >= 0.6 is 11.6 Å². The van der Waals surface area contributed by atoms with E-state index in [2.05, 4.69) is 30.7 Å². The van der Waals surface area contributed by atoms with E-state index in [0.29, 0.717) is 47.6 Å². The van der Waals surface area contributed by atoms with Gasteiger partial charge in [0.15, 0.2) is 0 Å². The van der Waals surface area contributed by atoms with Crippen molar-refractivity contribution in [2.45, 2.75) is 38.4 Å². The van der Waals surface area contributed by atoms with Crippen LogP contribution in [0, 0.1) is 0 Å². The lowest BCUT2D eigenvalue weighted by molar-refractivity contribution is -0.122. The maximum Gasteiger partial charge on any atom is 0.254 e. The zero-order valence-electron chi connectivity index (χ0n) is 22.5. The third-order valence-corrected chi connectivity index (χ3v) is 7.63. The molecule has 4 heterocycles. The van der Waals surface area contributed by atoms with Gasteiger partial charge in [-0.05, 0) is 49.1 Å². The first-order chi connectivity index (χ1) is 19.9. The molecule has 2 amide bonds. The molecule has 1 saturated heterocycles. The number of rotatable bonds is 8. The molecule has 2 aromatic carbocycles. The minimum Gasteiger partial charge on any atom is -0.381 e. The summed E-state index contributed by atoms with van der Waals surface area (Å²) in [7, 11) is 0. The topological polar surface area (TPSA) is 127 Å². The van der Waals surface area contributed by atoms with Crippen molar-refractivity contribution in [3.05, 3.63) is 83.0 Å². The summed E-state index contributed by atoms with van der Waals surface area (Å²) >= 11 is 6.46. The number of nitrogens with zero attached hydrogens (tertiary/aromatic N) is 6. The molecule has 0 bridgehead atoms. The van der Waals surface area contributed by atoms with Crippen molar-refractivity contribution in [2.24, 2.45) is 0 Å². The number of halogens is 1. The fourth-order valence-electron chi connectivity index (χ4n) is 5.10. The molecule has 12 heteroatoms. The minimum atomic E-state index is -0.234. The van der Waals surface area contributed by atoms with E-state index in [0.717, 1.165) is 29.7 Å². The lowest BCUT2D eigenvalue weighted by atomic mass is 10.0. The minimum absolute atomic E-state index is 0.0440. The fraction of sp³-hybridized carbons (Fsp3) is 0.310. The van der Waals surface area contributed by atoms with Gasteiger partial charge >= 0.3 is 0 Å². The SMILES string of the molecule is CC(NC(=O)CN1Cc2ccc(-c3nc(NC4CCOCC4)ncc3Cl)cc2C1=O)c1ccc(-n2cncn2)cc1. The number of nitrogens with one attached hydrogen (secondary N) is 2. The van der Waals surface area contributed by atoms with Crippen LogP contribution < -0.4 is 10.6 Å². The summed E-state index contributed by atoms with van der Waals surface area (Å²) in [6.45, 7) is 3.63. The standard InChI is InChI=1S/C29H29ClN8O3/c1-18(19-4-6-23(7-5-19)38-17-31-16-33-38)34-26(39)15-37-14-21-3-2-20(12-24(21)28(37)40)27-25(30)13-32-29(36-27)35-22-8-10-41-11-9-22/h2-7,12-13,16-18,22H,8-11,14-15H2,1H3,(H,34,39)(H,32,35,36). The Labute approximate surface area is 241 Å². The Morgan fingerprint density at radius 2 is 1.98 bits per heavy atom. The molecule has 210 valence electrons. The van der Waals surface area contributed by atoms with Gasteiger partial charge in [0.1, 0.15) is 19.2 Å². The van der Waals surface area contributed by atoms with Crippen molar-refractivity contribution in [3.63, 3.8) is 0 Å². The first kappa shape index (κ1) is 26.9. The predicted molar refractivity (Wildman–Crippen MR) is 153 cm³/mol. The molecule has 4 aromatic rings. The van der Waals surface area contributed by atoms with E-state index in [-0.39, 0.29) is 30.4 Å². The van der Waals surface area contributed by atoms with Gasteiger partial charge in [-0.1, -0.05) is 35.9 Å². The Morgan fingerprint density at radius 1 is 1.17 bits per heavy atom. The molecule has 41 heavy (non-hydrogen) atoms. The van der Waals surface area contributed by atoms with Crippen molar-refractivity contribution in [1.29, 1.82) is 0 Å². The van der Waals surface area contributed by atoms with Gasteiger partial charge < -0.3 is 20.3 Å². The zero-order valence-corrected chi connectivity index (χ0v) is 23.2. The summed E-state index contributed by atoms with van der Waals surface area (Å²) in [6, 6.07) is 13.3. The Balaban J connectivity index is 1.10. The van der Waals surface area contributed by atoms with Crippen LogP contribution in [-0.4, -0.2) is 67.2 Å². The van der Waals surface area contributed by atoms with Gasteiger partial charge in [-0.25, -0.2) is 19.6 Å². The van der Waals surface area contributed by atoms with Crippen LogP contribution in [0.4, 0.5) is 5.95 Å². The number of amides is 2. The van der Waals surface area contributed by atoms with Crippen molar-refractivity contribution >= 4 is 29.4 Å². The highest BCUT2D eigenvalue weighted by Crippen LogP contribution is 2.31. The highest BCUT2D eigenvalue weighted by atomic mass is 35.5. The van der Waals surface area contributed by atoms with Gasteiger partial charge in [0.2, 0.25) is 11.9 Å². The van der Waals surface area contributed by atoms with E-state index in [1.54, 1.807) is 28.2 Å². The van der Waals surface area contributed by atoms with Crippen LogP contribution in [0.25, 0.3) is 16.9 Å². The molecule has 2 aromatic heterocycles. The van der Waals surface area contributed by atoms with E-state index < -0.39 is 0 Å². The van der Waals surface area contributed by atoms with E-state index in [1.807, 2.05) is 43.3 Å². The highest BCUT2D eigenvalue weighted by molar-refractivity contribution is 6.33. The second kappa shape index (κ2) is 11.6. The van der Waals surface area contributed by atoms with Crippen LogP contribution in [0.2, 0.25) is 5.02 Å². The van der Waals surface area contributed by atoms with Gasteiger partial charge in [0.25, 0.3) is 5.91 Å². The third-order valence-electron chi connectivity index (χ3n) is 7.35. The molecule has 0 spiro atoms. The average molecular weight is 573 g/mol. The van der Waals surface area contributed by atoms with Crippen LogP contribution in [0.1, 0.15) is 47.3 Å². The number of anilines is 1. The third kappa shape index (κ3) is 5.91. The Hall–Kier alpha value is -4.35. The Morgan fingerprint density at radius 3 is 2.73 bits per heavy atom. The monoisotopic (exact) mass is 572 g/mol. The summed E-state index contributed by atoms with van der Waals surface area (Å²) in [6.07, 6.45) is 6.43. The average Bonchev–Trinajstić information content (AvgIpc) is 3.63. The maximum absolute atomic E-state index is 13.3. The molecule has 0 aliphatic carbocycles. The molecule has 2 aliphatic rings. The molecule has 2 aliphatic heterocycles. The number of carbonyl (C=O) groups is 2. The van der Waals surface area contributed by atoms with E-state index >= 15 is 0 Å². The summed E-state index contributed by atoms with van der Waals surface area (Å²) in [5.74, 6) is 0.0538. The number of hydrogen-bond donors (Lipinski definition) is 2. The molecular weight excluding hydrogens is 544 g/mol. The molecule has 0 saturated carbocycles. The summed E-state index contributed by atoms with van der Waals surface area (Å²) in [4.78, 5) is 40.6. The molecule has 1 atom stereocenters. The number of hydrogen-bond acceptors (Lipinski definition) is 8. The lowest BCUT2D eigenvalue weighted by Crippen LogP contribution is -2.38. The maximum atomic E-state index is 13.3. The van der Waals surface area contributed by atoms with Crippen molar-refractivity contribution in [3.8, 4) is 16.9 Å². The summed E-state index contributed by atoms with van der Waals surface area (Å²) < 4.78 is 7.09. The molecule has 1 fully saturated rings. The van der Waals surface area contributed by atoms with Crippen LogP contribution in [0.5, 0.6) is 0 Å². The normalized spacial score (nSPS) is 16.0. The predicted octanol–water partition coefficient (Wildman–Crippen LogP) is 3.80. The molecule has 6 rings (SSSR count). The summed E-state index contributed by atoms with van der Waals surface area (Å²) in [5, 5.41) is 10.9. The van der Waals surface area contributed by atoms with Gasteiger partial charge in [0.05, 0.1) is 28.6 Å². The fourth-order valence-corrected chi connectivity index (χ4v) is 5.30. The molecule has 2 N–H and O–H groups in total. The van der Waals surface area contributed by atoms with Crippen LogP contribution in [0.3, 0.4) is 0 Å². The van der Waals surface area contributed by atoms with Gasteiger partial charge in [-0.3, -0.25) is 9.59 Å². The summed E-state index contributed by atoms with van der Waals surface area (Å²) in [5.41, 5.74) is 4.48. The van der Waals surface area contributed by atoms with Crippen molar-refractivity contribution in [1.82, 2.24) is 34.9 Å². The molecule has 1 unspecified atom stereocenters. The number of benzene rings is 2. The second-order valence-electron chi connectivity index (χ2n) is 10.2. The lowest BCUT2D eigenvalue weighted by Gasteiger charge is -2.23. The van der Waals surface area contributed by atoms with Gasteiger partial charge in [0, 0.05) is 36.9 Å². The first-order valence-corrected chi connectivity index (χ1v) is 13.9. The smallest absolute Gasteiger partial charge is 0.254 e. The zero-order chi connectivity index (χ0) is 28.3. The Bertz CT molecular complexity index is 1560.